The second-order valence-corrected chi connectivity index (χ2v) is 4.51. The molecule has 1 aromatic rings. The lowest BCUT2D eigenvalue weighted by molar-refractivity contribution is 0.374. The maximum atomic E-state index is 3.40. The third-order valence-electron chi connectivity index (χ3n) is 2.53. The molecule has 0 saturated carbocycles. The molecule has 1 saturated heterocycles. The van der Waals surface area contributed by atoms with Crippen LogP contribution in [-0.4, -0.2) is 13.1 Å². The van der Waals surface area contributed by atoms with Crippen molar-refractivity contribution in [2.45, 2.75) is 19.3 Å². The van der Waals surface area contributed by atoms with Crippen molar-refractivity contribution < 1.29 is 0 Å². The lowest BCUT2D eigenvalue weighted by Gasteiger charge is -2.21. The van der Waals surface area contributed by atoms with Crippen LogP contribution >= 0.6 is 23.7 Å². The molecule has 13 heavy (non-hydrogen) atoms. The Balaban J connectivity index is 0.000000845. The van der Waals surface area contributed by atoms with E-state index in [4.69, 9.17) is 0 Å². The average molecular weight is 218 g/mol. The summed E-state index contributed by atoms with van der Waals surface area (Å²) in [5.41, 5.74) is 0. The van der Waals surface area contributed by atoms with Gasteiger partial charge in [-0.2, -0.15) is 0 Å². The fourth-order valence-electron chi connectivity index (χ4n) is 1.80. The van der Waals surface area contributed by atoms with Gasteiger partial charge in [0.1, 0.15) is 0 Å². The van der Waals surface area contributed by atoms with E-state index < -0.39 is 0 Å². The Morgan fingerprint density at radius 3 is 2.77 bits per heavy atom. The Bertz CT molecular complexity index is 217. The monoisotopic (exact) mass is 217 g/mol. The molecule has 1 aliphatic rings. The van der Waals surface area contributed by atoms with E-state index in [9.17, 15) is 0 Å². The first-order chi connectivity index (χ1) is 5.95. The van der Waals surface area contributed by atoms with Gasteiger partial charge in [-0.25, -0.2) is 0 Å². The van der Waals surface area contributed by atoms with Crippen molar-refractivity contribution in [1.29, 1.82) is 0 Å². The quantitative estimate of drug-likeness (QED) is 0.804. The minimum absolute atomic E-state index is 0. The highest BCUT2D eigenvalue weighted by molar-refractivity contribution is 7.09. The molecule has 0 radical (unpaired) electrons. The van der Waals surface area contributed by atoms with Crippen molar-refractivity contribution in [3.05, 3.63) is 22.4 Å². The maximum Gasteiger partial charge on any atom is 0.00479 e. The first-order valence-corrected chi connectivity index (χ1v) is 5.56. The molecular weight excluding hydrogens is 202 g/mol. The number of piperidine rings is 1. The average Bonchev–Trinajstić information content (AvgIpc) is 2.59. The van der Waals surface area contributed by atoms with Crippen LogP contribution in [0.3, 0.4) is 0 Å². The molecule has 2 heterocycles. The van der Waals surface area contributed by atoms with Gasteiger partial charge in [-0.15, -0.1) is 23.7 Å². The number of nitrogens with one attached hydrogen (secondary N) is 1. The summed E-state index contributed by atoms with van der Waals surface area (Å²) in [6, 6.07) is 4.41. The SMILES string of the molecule is Cl.c1csc(CC2CCNCC2)c1. The van der Waals surface area contributed by atoms with E-state index in [1.54, 1.807) is 4.88 Å². The molecule has 1 nitrogen and oxygen atoms in total. The van der Waals surface area contributed by atoms with Gasteiger partial charge >= 0.3 is 0 Å². The highest BCUT2D eigenvalue weighted by Crippen LogP contribution is 2.20. The summed E-state index contributed by atoms with van der Waals surface area (Å²) in [6.45, 7) is 2.44. The van der Waals surface area contributed by atoms with Gasteiger partial charge in [0.2, 0.25) is 0 Å². The van der Waals surface area contributed by atoms with E-state index in [0.717, 1.165) is 5.92 Å². The van der Waals surface area contributed by atoms with E-state index in [-0.39, 0.29) is 12.4 Å². The van der Waals surface area contributed by atoms with Crippen LogP contribution < -0.4 is 5.32 Å². The zero-order valence-electron chi connectivity index (χ0n) is 7.66. The minimum Gasteiger partial charge on any atom is -0.317 e. The van der Waals surface area contributed by atoms with Crippen LogP contribution in [0.2, 0.25) is 0 Å². The van der Waals surface area contributed by atoms with Crippen molar-refractivity contribution in [2.75, 3.05) is 13.1 Å². The van der Waals surface area contributed by atoms with E-state index >= 15 is 0 Å². The fourth-order valence-corrected chi connectivity index (χ4v) is 2.62. The highest BCUT2D eigenvalue weighted by atomic mass is 35.5. The number of hydrogen-bond acceptors (Lipinski definition) is 2. The van der Waals surface area contributed by atoms with Gasteiger partial charge in [-0.1, -0.05) is 6.07 Å². The molecule has 0 amide bonds. The van der Waals surface area contributed by atoms with Gasteiger partial charge in [0.25, 0.3) is 0 Å². The number of rotatable bonds is 2. The molecule has 0 aromatic carbocycles. The predicted octanol–water partition coefficient (Wildman–Crippen LogP) is 2.71. The van der Waals surface area contributed by atoms with Crippen LogP contribution in [0, 0.1) is 5.92 Å². The molecule has 74 valence electrons. The first-order valence-electron chi connectivity index (χ1n) is 4.68. The van der Waals surface area contributed by atoms with Gasteiger partial charge in [-0.3, -0.25) is 0 Å². The van der Waals surface area contributed by atoms with Crippen LogP contribution in [0.5, 0.6) is 0 Å². The Morgan fingerprint density at radius 2 is 2.15 bits per heavy atom. The van der Waals surface area contributed by atoms with Crippen molar-refractivity contribution in [1.82, 2.24) is 5.32 Å². The number of thiophene rings is 1. The van der Waals surface area contributed by atoms with Crippen LogP contribution in [0.25, 0.3) is 0 Å². The van der Waals surface area contributed by atoms with Gasteiger partial charge in [0, 0.05) is 4.88 Å². The molecule has 3 heteroatoms. The lowest BCUT2D eigenvalue weighted by Crippen LogP contribution is -2.28. The van der Waals surface area contributed by atoms with Crippen LogP contribution in [-0.2, 0) is 6.42 Å². The highest BCUT2D eigenvalue weighted by Gasteiger charge is 2.13. The Kier molecular flexibility index (Phi) is 4.78. The minimum atomic E-state index is 0. The second kappa shape index (κ2) is 5.63. The largest absolute Gasteiger partial charge is 0.317 e. The molecule has 0 unspecified atom stereocenters. The third-order valence-corrected chi connectivity index (χ3v) is 3.43. The molecule has 1 aliphatic heterocycles. The van der Waals surface area contributed by atoms with E-state index in [2.05, 4.69) is 22.8 Å². The second-order valence-electron chi connectivity index (χ2n) is 3.48. The summed E-state index contributed by atoms with van der Waals surface area (Å²) in [7, 11) is 0. The number of halogens is 1. The predicted molar refractivity (Wildman–Crippen MR) is 60.9 cm³/mol. The molecular formula is C10H16ClNS. The fraction of sp³-hybridized carbons (Fsp3) is 0.600. The normalized spacial score (nSPS) is 18.2. The molecule has 2 rings (SSSR count). The van der Waals surface area contributed by atoms with E-state index in [0.29, 0.717) is 0 Å². The molecule has 1 fully saturated rings. The zero-order valence-corrected chi connectivity index (χ0v) is 9.29. The summed E-state index contributed by atoms with van der Waals surface area (Å²) in [6.07, 6.45) is 4.02. The summed E-state index contributed by atoms with van der Waals surface area (Å²) in [5.74, 6) is 0.935. The molecule has 0 aliphatic carbocycles. The topological polar surface area (TPSA) is 12.0 Å². The molecule has 0 atom stereocenters. The van der Waals surface area contributed by atoms with Crippen molar-refractivity contribution in [2.24, 2.45) is 5.92 Å². The Hall–Kier alpha value is -0.0500. The Labute approximate surface area is 90.0 Å². The van der Waals surface area contributed by atoms with Gasteiger partial charge < -0.3 is 5.32 Å². The summed E-state index contributed by atoms with van der Waals surface area (Å²) >= 11 is 1.90. The van der Waals surface area contributed by atoms with Crippen LogP contribution in [0.4, 0.5) is 0 Å². The van der Waals surface area contributed by atoms with E-state index in [1.165, 1.54) is 32.4 Å². The van der Waals surface area contributed by atoms with Gasteiger partial charge in [-0.05, 0) is 49.7 Å². The van der Waals surface area contributed by atoms with Crippen molar-refractivity contribution in [3.63, 3.8) is 0 Å². The molecule has 0 bridgehead atoms. The standard InChI is InChI=1S/C10H15NS.ClH/c1-2-10(12-7-1)8-9-3-5-11-6-4-9;/h1-2,7,9,11H,3-6,8H2;1H. The van der Waals surface area contributed by atoms with E-state index in [1.807, 2.05) is 11.3 Å². The molecule has 1 aromatic heterocycles. The number of hydrogen-bond donors (Lipinski definition) is 1. The summed E-state index contributed by atoms with van der Waals surface area (Å²) in [4.78, 5) is 1.56. The third kappa shape index (κ3) is 3.29. The lowest BCUT2D eigenvalue weighted by atomic mass is 9.94. The van der Waals surface area contributed by atoms with Crippen molar-refractivity contribution >= 4 is 23.7 Å². The van der Waals surface area contributed by atoms with Crippen molar-refractivity contribution in [3.8, 4) is 0 Å². The van der Waals surface area contributed by atoms with Crippen LogP contribution in [0.1, 0.15) is 17.7 Å². The summed E-state index contributed by atoms with van der Waals surface area (Å²) < 4.78 is 0. The Morgan fingerprint density at radius 1 is 1.38 bits per heavy atom. The van der Waals surface area contributed by atoms with Gasteiger partial charge in [0.05, 0.1) is 0 Å². The van der Waals surface area contributed by atoms with Crippen LogP contribution in [0.15, 0.2) is 17.5 Å². The zero-order chi connectivity index (χ0) is 8.23. The molecule has 1 N–H and O–H groups in total. The smallest absolute Gasteiger partial charge is 0.00479 e. The first kappa shape index (κ1) is 11.0. The molecule has 0 spiro atoms. The summed E-state index contributed by atoms with van der Waals surface area (Å²) in [5, 5.41) is 5.57. The van der Waals surface area contributed by atoms with Gasteiger partial charge in [0.15, 0.2) is 0 Å². The maximum absolute atomic E-state index is 3.40.